The predicted octanol–water partition coefficient (Wildman–Crippen LogP) is 3.45. The van der Waals surface area contributed by atoms with Crippen molar-refractivity contribution in [2.75, 3.05) is 6.54 Å². The fraction of sp³-hybridized carbons (Fsp3) is 0.333. The third-order valence-electron chi connectivity index (χ3n) is 5.14. The first-order valence-corrected chi connectivity index (χ1v) is 10.2. The van der Waals surface area contributed by atoms with Crippen LogP contribution in [0.1, 0.15) is 31.4 Å². The number of hydrogen-bond acceptors (Lipinski definition) is 4. The van der Waals surface area contributed by atoms with Crippen LogP contribution in [0.2, 0.25) is 0 Å². The van der Waals surface area contributed by atoms with Gasteiger partial charge in [0, 0.05) is 13.0 Å². The van der Waals surface area contributed by atoms with E-state index in [1.165, 1.54) is 0 Å². The van der Waals surface area contributed by atoms with E-state index in [2.05, 4.69) is 0 Å². The monoisotopic (exact) mass is 406 g/mol. The highest BCUT2D eigenvalue weighted by atomic mass is 16.2. The molecule has 1 atom stereocenters. The van der Waals surface area contributed by atoms with Crippen LogP contribution in [0.5, 0.6) is 0 Å². The maximum absolute atomic E-state index is 13.1. The SMILES string of the molecule is CC(C)CCN1C(=O)C(C(=O)Cc2ccccc2)C(=O)N(Cc2ccccc2)C1=O. The Morgan fingerprint density at radius 2 is 1.37 bits per heavy atom. The number of urea groups is 1. The summed E-state index contributed by atoms with van der Waals surface area (Å²) in [5, 5.41) is 0. The van der Waals surface area contributed by atoms with E-state index in [1.54, 1.807) is 36.4 Å². The van der Waals surface area contributed by atoms with Gasteiger partial charge in [0.25, 0.3) is 11.8 Å². The fourth-order valence-electron chi connectivity index (χ4n) is 3.43. The summed E-state index contributed by atoms with van der Waals surface area (Å²) < 4.78 is 0. The number of barbiturate groups is 1. The van der Waals surface area contributed by atoms with E-state index in [-0.39, 0.29) is 25.4 Å². The molecule has 2 aromatic rings. The number of benzene rings is 2. The second kappa shape index (κ2) is 9.48. The van der Waals surface area contributed by atoms with Gasteiger partial charge in [-0.1, -0.05) is 74.5 Å². The summed E-state index contributed by atoms with van der Waals surface area (Å²) in [6, 6.07) is 17.4. The molecule has 30 heavy (non-hydrogen) atoms. The first-order valence-electron chi connectivity index (χ1n) is 10.2. The summed E-state index contributed by atoms with van der Waals surface area (Å²) >= 11 is 0. The van der Waals surface area contributed by atoms with Crippen LogP contribution >= 0.6 is 0 Å². The molecule has 0 N–H and O–H groups in total. The van der Waals surface area contributed by atoms with Gasteiger partial charge < -0.3 is 0 Å². The van der Waals surface area contributed by atoms with Gasteiger partial charge in [-0.05, 0) is 23.5 Å². The molecule has 1 aliphatic heterocycles. The van der Waals surface area contributed by atoms with Gasteiger partial charge in [0.1, 0.15) is 0 Å². The van der Waals surface area contributed by atoms with Crippen molar-refractivity contribution in [2.45, 2.75) is 33.2 Å². The molecular formula is C24H26N2O4. The van der Waals surface area contributed by atoms with Crippen LogP contribution in [0.3, 0.4) is 0 Å². The normalized spacial score (nSPS) is 17.0. The highest BCUT2D eigenvalue weighted by Gasteiger charge is 2.48. The topological polar surface area (TPSA) is 74.8 Å². The standard InChI is InChI=1S/C24H26N2O4/c1-17(2)13-14-25-22(28)21(20(27)15-18-9-5-3-6-10-18)23(29)26(24(25)30)16-19-11-7-4-8-12-19/h3-12,17,21H,13-16H2,1-2H3. The lowest BCUT2D eigenvalue weighted by atomic mass is 9.93. The second-order valence-electron chi connectivity index (χ2n) is 7.93. The Bertz CT molecular complexity index is 925. The van der Waals surface area contributed by atoms with Crippen molar-refractivity contribution in [1.82, 2.24) is 9.80 Å². The molecule has 2 aromatic carbocycles. The van der Waals surface area contributed by atoms with Crippen molar-refractivity contribution in [3.05, 3.63) is 71.8 Å². The lowest BCUT2D eigenvalue weighted by Crippen LogP contribution is -2.61. The smallest absolute Gasteiger partial charge is 0.298 e. The molecule has 3 rings (SSSR count). The average molecular weight is 406 g/mol. The highest BCUT2D eigenvalue weighted by Crippen LogP contribution is 2.23. The molecule has 1 heterocycles. The van der Waals surface area contributed by atoms with Crippen LogP contribution in [0.15, 0.2) is 60.7 Å². The molecule has 1 fully saturated rings. The largest absolute Gasteiger partial charge is 0.333 e. The minimum atomic E-state index is -1.49. The van der Waals surface area contributed by atoms with Gasteiger partial charge in [0.05, 0.1) is 6.54 Å². The van der Waals surface area contributed by atoms with E-state index in [0.717, 1.165) is 20.9 Å². The zero-order chi connectivity index (χ0) is 21.7. The van der Waals surface area contributed by atoms with Crippen LogP contribution in [0, 0.1) is 11.8 Å². The van der Waals surface area contributed by atoms with Gasteiger partial charge in [-0.25, -0.2) is 4.79 Å². The zero-order valence-corrected chi connectivity index (χ0v) is 17.3. The fourth-order valence-corrected chi connectivity index (χ4v) is 3.43. The number of rotatable bonds is 8. The Labute approximate surface area is 176 Å². The van der Waals surface area contributed by atoms with Crippen LogP contribution < -0.4 is 0 Å². The molecule has 156 valence electrons. The number of carbonyl (C=O) groups is 4. The van der Waals surface area contributed by atoms with Gasteiger partial charge in [-0.3, -0.25) is 24.2 Å². The van der Waals surface area contributed by atoms with Gasteiger partial charge in [-0.2, -0.15) is 0 Å². The summed E-state index contributed by atoms with van der Waals surface area (Å²) in [5.74, 6) is -3.16. The third-order valence-corrected chi connectivity index (χ3v) is 5.14. The minimum absolute atomic E-state index is 0.0269. The maximum atomic E-state index is 13.1. The molecule has 6 nitrogen and oxygen atoms in total. The van der Waals surface area contributed by atoms with Gasteiger partial charge in [0.2, 0.25) is 0 Å². The van der Waals surface area contributed by atoms with Crippen molar-refractivity contribution in [2.24, 2.45) is 11.8 Å². The van der Waals surface area contributed by atoms with Gasteiger partial charge in [-0.15, -0.1) is 0 Å². The summed E-state index contributed by atoms with van der Waals surface area (Å²) in [6.07, 6.45) is 0.568. The first kappa shape index (κ1) is 21.4. The highest BCUT2D eigenvalue weighted by molar-refractivity contribution is 6.26. The molecule has 1 aliphatic rings. The molecule has 0 saturated carbocycles. The summed E-state index contributed by atoms with van der Waals surface area (Å²) in [4.78, 5) is 54.2. The summed E-state index contributed by atoms with van der Waals surface area (Å²) in [7, 11) is 0. The van der Waals surface area contributed by atoms with Gasteiger partial charge in [0.15, 0.2) is 11.7 Å². The van der Waals surface area contributed by atoms with Crippen molar-refractivity contribution >= 4 is 23.6 Å². The minimum Gasteiger partial charge on any atom is -0.298 e. The molecule has 0 radical (unpaired) electrons. The van der Waals surface area contributed by atoms with E-state index in [1.807, 2.05) is 38.1 Å². The summed E-state index contributed by atoms with van der Waals surface area (Å²) in [5.41, 5.74) is 1.48. The number of ketones is 1. The molecular weight excluding hydrogens is 380 g/mol. The Morgan fingerprint density at radius 3 is 1.93 bits per heavy atom. The zero-order valence-electron chi connectivity index (χ0n) is 17.3. The average Bonchev–Trinajstić information content (AvgIpc) is 2.72. The Morgan fingerprint density at radius 1 is 0.833 bits per heavy atom. The third kappa shape index (κ3) is 4.82. The van der Waals surface area contributed by atoms with E-state index in [4.69, 9.17) is 0 Å². The predicted molar refractivity (Wildman–Crippen MR) is 112 cm³/mol. The molecule has 0 spiro atoms. The molecule has 6 heteroatoms. The molecule has 1 saturated heterocycles. The lowest BCUT2D eigenvalue weighted by molar-refractivity contribution is -0.153. The number of imide groups is 2. The first-order chi connectivity index (χ1) is 14.4. The number of carbonyl (C=O) groups excluding carboxylic acids is 4. The van der Waals surface area contributed by atoms with E-state index >= 15 is 0 Å². The second-order valence-corrected chi connectivity index (χ2v) is 7.93. The lowest BCUT2D eigenvalue weighted by Gasteiger charge is -2.36. The van der Waals surface area contributed by atoms with Crippen LogP contribution in [0.4, 0.5) is 4.79 Å². The van der Waals surface area contributed by atoms with Crippen molar-refractivity contribution in [3.8, 4) is 0 Å². The number of hydrogen-bond donors (Lipinski definition) is 0. The maximum Gasteiger partial charge on any atom is 0.333 e. The van der Waals surface area contributed by atoms with Crippen LogP contribution in [-0.4, -0.2) is 40.0 Å². The number of amides is 4. The van der Waals surface area contributed by atoms with Crippen LogP contribution in [-0.2, 0) is 27.3 Å². The van der Waals surface area contributed by atoms with E-state index in [0.29, 0.717) is 6.42 Å². The van der Waals surface area contributed by atoms with Crippen molar-refractivity contribution in [1.29, 1.82) is 0 Å². The Kier molecular flexibility index (Phi) is 6.77. The number of Topliss-reactive ketones (excluding diaryl/α,β-unsaturated/α-hetero) is 1. The van der Waals surface area contributed by atoms with E-state index < -0.39 is 29.5 Å². The Balaban J connectivity index is 1.89. The Hall–Kier alpha value is -3.28. The molecule has 1 unspecified atom stereocenters. The number of nitrogens with zero attached hydrogens (tertiary/aromatic N) is 2. The van der Waals surface area contributed by atoms with Crippen molar-refractivity contribution in [3.63, 3.8) is 0 Å². The quantitative estimate of drug-likeness (QED) is 0.630. The summed E-state index contributed by atoms with van der Waals surface area (Å²) in [6.45, 7) is 4.19. The van der Waals surface area contributed by atoms with E-state index in [9.17, 15) is 19.2 Å². The molecule has 0 bridgehead atoms. The van der Waals surface area contributed by atoms with Crippen molar-refractivity contribution < 1.29 is 19.2 Å². The molecule has 0 aliphatic carbocycles. The van der Waals surface area contributed by atoms with Crippen LogP contribution in [0.25, 0.3) is 0 Å². The molecule has 0 aromatic heterocycles. The molecule has 4 amide bonds. The van der Waals surface area contributed by atoms with Gasteiger partial charge >= 0.3 is 6.03 Å².